The summed E-state index contributed by atoms with van der Waals surface area (Å²) in [4.78, 5) is 16.2. The summed E-state index contributed by atoms with van der Waals surface area (Å²) in [6, 6.07) is 5.90. The number of aliphatic hydroxyl groups excluding tert-OH is 1. The Morgan fingerprint density at radius 2 is 2.24 bits per heavy atom. The van der Waals surface area contributed by atoms with Crippen molar-refractivity contribution in [1.29, 1.82) is 0 Å². The van der Waals surface area contributed by atoms with Crippen molar-refractivity contribution in [3.8, 4) is 0 Å². The predicted octanol–water partition coefficient (Wildman–Crippen LogP) is 1.37. The highest BCUT2D eigenvalue weighted by molar-refractivity contribution is 5.97. The molecule has 90 valence electrons. The number of amides is 1. The van der Waals surface area contributed by atoms with Crippen molar-refractivity contribution < 1.29 is 14.3 Å². The van der Waals surface area contributed by atoms with E-state index < -0.39 is 0 Å². The Kier molecular flexibility index (Phi) is 3.10. The molecule has 0 aliphatic heterocycles. The van der Waals surface area contributed by atoms with Crippen LogP contribution in [0.5, 0.6) is 0 Å². The van der Waals surface area contributed by atoms with E-state index in [-0.39, 0.29) is 24.9 Å². The summed E-state index contributed by atoms with van der Waals surface area (Å²) in [5, 5.41) is 9.41. The van der Waals surface area contributed by atoms with Crippen LogP contribution in [0.25, 0.3) is 10.9 Å². The van der Waals surface area contributed by atoms with Crippen LogP contribution >= 0.6 is 0 Å². The van der Waals surface area contributed by atoms with Crippen molar-refractivity contribution in [3.05, 3.63) is 35.8 Å². The van der Waals surface area contributed by atoms with E-state index in [2.05, 4.69) is 4.98 Å². The highest BCUT2D eigenvalue weighted by Crippen LogP contribution is 2.17. The number of aromatic nitrogens is 1. The van der Waals surface area contributed by atoms with Gasteiger partial charge in [-0.2, -0.15) is 0 Å². The van der Waals surface area contributed by atoms with Crippen molar-refractivity contribution >= 4 is 16.8 Å². The average Bonchev–Trinajstić information content (AvgIpc) is 2.71. The molecule has 1 heterocycles. The first-order valence-electron chi connectivity index (χ1n) is 5.26. The van der Waals surface area contributed by atoms with Gasteiger partial charge >= 0.3 is 0 Å². The number of aromatic amines is 1. The van der Waals surface area contributed by atoms with Crippen LogP contribution in [0.2, 0.25) is 0 Å². The Morgan fingerprint density at radius 1 is 1.47 bits per heavy atom. The standard InChI is InChI=1S/C12H13FN2O2/c1-15(4-5-16)12(17)11-7-8-6-9(13)2-3-10(8)14-11/h2-3,6-7,14,16H,4-5H2,1H3. The van der Waals surface area contributed by atoms with Gasteiger partial charge in [-0.15, -0.1) is 0 Å². The van der Waals surface area contributed by atoms with Gasteiger partial charge in [0.2, 0.25) is 0 Å². The van der Waals surface area contributed by atoms with Crippen molar-refractivity contribution in [1.82, 2.24) is 9.88 Å². The molecule has 1 amide bonds. The molecule has 2 aromatic rings. The van der Waals surface area contributed by atoms with Crippen molar-refractivity contribution in [2.24, 2.45) is 0 Å². The minimum Gasteiger partial charge on any atom is -0.395 e. The van der Waals surface area contributed by atoms with Crippen LogP contribution in [0, 0.1) is 5.82 Å². The second-order valence-corrected chi connectivity index (χ2v) is 3.86. The van der Waals surface area contributed by atoms with Gasteiger partial charge in [-0.1, -0.05) is 0 Å². The number of nitrogens with zero attached hydrogens (tertiary/aromatic N) is 1. The van der Waals surface area contributed by atoms with E-state index >= 15 is 0 Å². The smallest absolute Gasteiger partial charge is 0.270 e. The van der Waals surface area contributed by atoms with Crippen molar-refractivity contribution in [2.75, 3.05) is 20.2 Å². The van der Waals surface area contributed by atoms with E-state index in [1.165, 1.54) is 17.0 Å². The van der Waals surface area contributed by atoms with Gasteiger partial charge < -0.3 is 15.0 Å². The van der Waals surface area contributed by atoms with Crippen molar-refractivity contribution in [2.45, 2.75) is 0 Å². The van der Waals surface area contributed by atoms with Crippen LogP contribution < -0.4 is 0 Å². The maximum absolute atomic E-state index is 13.0. The summed E-state index contributed by atoms with van der Waals surface area (Å²) >= 11 is 0. The summed E-state index contributed by atoms with van der Waals surface area (Å²) in [5.41, 5.74) is 1.11. The zero-order chi connectivity index (χ0) is 12.4. The highest BCUT2D eigenvalue weighted by Gasteiger charge is 2.13. The number of carbonyl (C=O) groups excluding carboxylic acids is 1. The van der Waals surface area contributed by atoms with Crippen LogP contribution in [-0.2, 0) is 0 Å². The number of halogens is 1. The molecule has 17 heavy (non-hydrogen) atoms. The summed E-state index contributed by atoms with van der Waals surface area (Å²) < 4.78 is 13.0. The summed E-state index contributed by atoms with van der Waals surface area (Å²) in [6.45, 7) is 0.180. The molecular weight excluding hydrogens is 223 g/mol. The molecule has 0 bridgehead atoms. The van der Waals surface area contributed by atoms with Gasteiger partial charge in [-0.05, 0) is 24.3 Å². The molecule has 0 unspecified atom stereocenters. The van der Waals surface area contributed by atoms with Crippen LogP contribution in [0.4, 0.5) is 4.39 Å². The topological polar surface area (TPSA) is 56.3 Å². The molecular formula is C12H13FN2O2. The number of benzene rings is 1. The third kappa shape index (κ3) is 2.29. The highest BCUT2D eigenvalue weighted by atomic mass is 19.1. The first kappa shape index (κ1) is 11.6. The van der Waals surface area contributed by atoms with E-state index in [4.69, 9.17) is 5.11 Å². The van der Waals surface area contributed by atoms with Crippen LogP contribution in [0.3, 0.4) is 0 Å². The number of aliphatic hydroxyl groups is 1. The Labute approximate surface area is 97.7 Å². The zero-order valence-corrected chi connectivity index (χ0v) is 9.40. The largest absolute Gasteiger partial charge is 0.395 e. The van der Waals surface area contributed by atoms with Gasteiger partial charge in [0, 0.05) is 24.5 Å². The number of fused-ring (bicyclic) bond motifs is 1. The molecule has 0 saturated heterocycles. The minimum atomic E-state index is -0.334. The lowest BCUT2D eigenvalue weighted by Crippen LogP contribution is -2.29. The first-order valence-corrected chi connectivity index (χ1v) is 5.26. The third-order valence-electron chi connectivity index (χ3n) is 2.60. The SMILES string of the molecule is CN(CCO)C(=O)c1cc2cc(F)ccc2[nH]1. The van der Waals surface area contributed by atoms with Gasteiger partial charge in [0.25, 0.3) is 5.91 Å². The zero-order valence-electron chi connectivity index (χ0n) is 9.40. The second-order valence-electron chi connectivity index (χ2n) is 3.86. The first-order chi connectivity index (χ1) is 8.11. The normalized spacial score (nSPS) is 10.8. The number of carbonyl (C=O) groups is 1. The number of hydrogen-bond acceptors (Lipinski definition) is 2. The molecule has 2 N–H and O–H groups in total. The van der Waals surface area contributed by atoms with Crippen LogP contribution in [0.1, 0.15) is 10.5 Å². The Balaban J connectivity index is 2.33. The number of rotatable bonds is 3. The molecule has 1 aromatic carbocycles. The van der Waals surface area contributed by atoms with Gasteiger partial charge in [0.15, 0.2) is 0 Å². The fourth-order valence-corrected chi connectivity index (χ4v) is 1.68. The van der Waals surface area contributed by atoms with Crippen LogP contribution in [0.15, 0.2) is 24.3 Å². The summed E-state index contributed by atoms with van der Waals surface area (Å²) in [5.74, 6) is -0.560. The molecule has 0 fully saturated rings. The van der Waals surface area contributed by atoms with E-state index in [0.29, 0.717) is 16.6 Å². The monoisotopic (exact) mass is 236 g/mol. The lowest BCUT2D eigenvalue weighted by molar-refractivity contribution is 0.0762. The molecule has 0 saturated carbocycles. The molecule has 0 aliphatic carbocycles. The maximum Gasteiger partial charge on any atom is 0.270 e. The predicted molar refractivity (Wildman–Crippen MR) is 62.3 cm³/mol. The van der Waals surface area contributed by atoms with Gasteiger partial charge in [0.1, 0.15) is 11.5 Å². The molecule has 0 radical (unpaired) electrons. The summed E-state index contributed by atoms with van der Waals surface area (Å²) in [6.07, 6.45) is 0. The lowest BCUT2D eigenvalue weighted by Gasteiger charge is -2.13. The van der Waals surface area contributed by atoms with E-state index in [9.17, 15) is 9.18 Å². The Hall–Kier alpha value is -1.88. The number of likely N-dealkylation sites (N-methyl/N-ethyl adjacent to an activating group) is 1. The Bertz CT molecular complexity index is 550. The third-order valence-corrected chi connectivity index (χ3v) is 2.60. The molecule has 0 atom stereocenters. The number of nitrogens with one attached hydrogen (secondary N) is 1. The van der Waals surface area contributed by atoms with Gasteiger partial charge in [0.05, 0.1) is 6.61 Å². The number of H-pyrrole nitrogens is 1. The van der Waals surface area contributed by atoms with Gasteiger partial charge in [-0.3, -0.25) is 4.79 Å². The quantitative estimate of drug-likeness (QED) is 0.845. The minimum absolute atomic E-state index is 0.0862. The van der Waals surface area contributed by atoms with E-state index in [0.717, 1.165) is 0 Å². The summed E-state index contributed by atoms with van der Waals surface area (Å²) in [7, 11) is 1.60. The molecule has 5 heteroatoms. The van der Waals surface area contributed by atoms with E-state index in [1.54, 1.807) is 19.2 Å². The lowest BCUT2D eigenvalue weighted by atomic mass is 10.2. The van der Waals surface area contributed by atoms with E-state index in [1.807, 2.05) is 0 Å². The molecule has 0 spiro atoms. The molecule has 0 aliphatic rings. The second kappa shape index (κ2) is 4.55. The van der Waals surface area contributed by atoms with Gasteiger partial charge in [-0.25, -0.2) is 4.39 Å². The molecule has 2 rings (SSSR count). The molecule has 4 nitrogen and oxygen atoms in total. The average molecular weight is 236 g/mol. The fraction of sp³-hybridized carbons (Fsp3) is 0.250. The van der Waals surface area contributed by atoms with Crippen LogP contribution in [-0.4, -0.2) is 41.1 Å². The Morgan fingerprint density at radius 3 is 2.94 bits per heavy atom. The maximum atomic E-state index is 13.0. The van der Waals surface area contributed by atoms with Crippen molar-refractivity contribution in [3.63, 3.8) is 0 Å². The fourth-order valence-electron chi connectivity index (χ4n) is 1.68. The number of hydrogen-bond donors (Lipinski definition) is 2. The molecule has 1 aromatic heterocycles.